The van der Waals surface area contributed by atoms with Gasteiger partial charge in [0.1, 0.15) is 10.7 Å². The van der Waals surface area contributed by atoms with E-state index in [1.807, 2.05) is 38.1 Å². The number of aromatic nitrogens is 1. The SMILES string of the molecule is CCc1ccccc1NC(=O)N(CCOC)Cc1nc(C(=O)N2CC(C)OC(C)C2)cs1. The Morgan fingerprint density at radius 2 is 2.00 bits per heavy atom. The Balaban J connectivity index is 1.68. The third kappa shape index (κ3) is 6.27. The van der Waals surface area contributed by atoms with E-state index >= 15 is 0 Å². The molecule has 1 fully saturated rings. The van der Waals surface area contributed by atoms with Gasteiger partial charge in [-0.15, -0.1) is 11.3 Å². The second-order valence-electron chi connectivity index (χ2n) is 7.95. The Labute approximate surface area is 193 Å². The van der Waals surface area contributed by atoms with Crippen LogP contribution in [0.2, 0.25) is 0 Å². The van der Waals surface area contributed by atoms with Crippen LogP contribution in [0, 0.1) is 0 Å². The highest BCUT2D eigenvalue weighted by atomic mass is 32.1. The summed E-state index contributed by atoms with van der Waals surface area (Å²) in [4.78, 5) is 33.9. The number of carbonyl (C=O) groups excluding carboxylic acids is 2. The van der Waals surface area contributed by atoms with Crippen LogP contribution in [-0.2, 0) is 22.4 Å². The van der Waals surface area contributed by atoms with Gasteiger partial charge in [0.05, 0.1) is 25.4 Å². The van der Waals surface area contributed by atoms with Crippen LogP contribution >= 0.6 is 11.3 Å². The fourth-order valence-corrected chi connectivity index (χ4v) is 4.53. The van der Waals surface area contributed by atoms with Crippen LogP contribution in [0.15, 0.2) is 29.6 Å². The smallest absolute Gasteiger partial charge is 0.322 e. The highest BCUT2D eigenvalue weighted by Crippen LogP contribution is 2.20. The number of thiazole rings is 1. The Bertz CT molecular complexity index is 909. The van der Waals surface area contributed by atoms with Crippen LogP contribution in [0.1, 0.15) is 41.8 Å². The van der Waals surface area contributed by atoms with Crippen molar-refractivity contribution in [2.24, 2.45) is 0 Å². The van der Waals surface area contributed by atoms with Crippen LogP contribution in [0.4, 0.5) is 10.5 Å². The summed E-state index contributed by atoms with van der Waals surface area (Å²) in [5, 5.41) is 5.47. The minimum absolute atomic E-state index is 0.0000331. The zero-order valence-corrected chi connectivity index (χ0v) is 20.0. The molecule has 2 unspecified atom stereocenters. The molecule has 1 saturated heterocycles. The van der Waals surface area contributed by atoms with Crippen molar-refractivity contribution in [3.63, 3.8) is 0 Å². The molecule has 3 amide bonds. The van der Waals surface area contributed by atoms with Crippen LogP contribution in [-0.4, -0.2) is 72.3 Å². The van der Waals surface area contributed by atoms with Gasteiger partial charge in [0.25, 0.3) is 5.91 Å². The standard InChI is InChI=1S/C23H32N4O4S/c1-5-18-8-6-7-9-19(18)25-23(29)26(10-11-30-4)14-21-24-20(15-32-21)22(28)27-12-16(2)31-17(3)13-27/h6-9,15-17H,5,10-14H2,1-4H3,(H,25,29). The number of benzene rings is 1. The molecule has 8 nitrogen and oxygen atoms in total. The van der Waals surface area contributed by atoms with E-state index in [0.717, 1.165) is 17.7 Å². The van der Waals surface area contributed by atoms with Crippen LogP contribution in [0.25, 0.3) is 0 Å². The van der Waals surface area contributed by atoms with Gasteiger partial charge in [-0.1, -0.05) is 25.1 Å². The number of nitrogens with one attached hydrogen (secondary N) is 1. The van der Waals surface area contributed by atoms with E-state index < -0.39 is 0 Å². The Kier molecular flexibility index (Phi) is 8.60. The highest BCUT2D eigenvalue weighted by Gasteiger charge is 2.28. The maximum atomic E-state index is 13.0. The summed E-state index contributed by atoms with van der Waals surface area (Å²) in [6, 6.07) is 7.54. The topological polar surface area (TPSA) is 84.0 Å². The number of ether oxygens (including phenoxy) is 2. The molecule has 1 aromatic carbocycles. The molecule has 0 bridgehead atoms. The Hall–Kier alpha value is -2.49. The van der Waals surface area contributed by atoms with Crippen LogP contribution in [0.5, 0.6) is 0 Å². The molecule has 2 atom stereocenters. The highest BCUT2D eigenvalue weighted by molar-refractivity contribution is 7.09. The van der Waals surface area contributed by atoms with E-state index in [1.54, 1.807) is 22.3 Å². The van der Waals surface area contributed by atoms with Gasteiger partial charge in [0, 0.05) is 37.8 Å². The number of rotatable bonds is 8. The number of para-hydroxylation sites is 1. The van der Waals surface area contributed by atoms with Gasteiger partial charge >= 0.3 is 6.03 Å². The molecule has 3 rings (SSSR count). The average molecular weight is 461 g/mol. The first kappa shape index (κ1) is 24.2. The van der Waals surface area contributed by atoms with Crippen LogP contribution < -0.4 is 5.32 Å². The summed E-state index contributed by atoms with van der Waals surface area (Å²) in [6.07, 6.45) is 0.825. The second kappa shape index (κ2) is 11.4. The summed E-state index contributed by atoms with van der Waals surface area (Å²) in [7, 11) is 1.60. The van der Waals surface area contributed by atoms with E-state index in [1.165, 1.54) is 11.3 Å². The number of morpholine rings is 1. The summed E-state index contributed by atoms with van der Waals surface area (Å²) in [5.41, 5.74) is 2.28. The minimum atomic E-state index is -0.221. The largest absolute Gasteiger partial charge is 0.383 e. The maximum absolute atomic E-state index is 13.0. The van der Waals surface area contributed by atoms with Gasteiger partial charge in [0.2, 0.25) is 0 Å². The molecule has 32 heavy (non-hydrogen) atoms. The lowest BCUT2D eigenvalue weighted by molar-refractivity contribution is -0.0587. The molecule has 9 heteroatoms. The summed E-state index contributed by atoms with van der Waals surface area (Å²) < 4.78 is 10.9. The first-order chi connectivity index (χ1) is 15.4. The minimum Gasteiger partial charge on any atom is -0.383 e. The van der Waals surface area contributed by atoms with Crippen LogP contribution in [0.3, 0.4) is 0 Å². The van der Waals surface area contributed by atoms with Crippen molar-refractivity contribution in [2.45, 2.75) is 45.9 Å². The number of urea groups is 1. The lowest BCUT2D eigenvalue weighted by Gasteiger charge is -2.34. The lowest BCUT2D eigenvalue weighted by Crippen LogP contribution is -2.48. The average Bonchev–Trinajstić information content (AvgIpc) is 3.24. The molecule has 1 aliphatic rings. The molecule has 0 aliphatic carbocycles. The van der Waals surface area contributed by atoms with Crippen molar-refractivity contribution in [2.75, 3.05) is 38.7 Å². The number of nitrogens with zero attached hydrogens (tertiary/aromatic N) is 3. The Morgan fingerprint density at radius 3 is 2.69 bits per heavy atom. The van der Waals surface area contributed by atoms with Crippen molar-refractivity contribution < 1.29 is 19.1 Å². The zero-order chi connectivity index (χ0) is 23.1. The molecule has 174 valence electrons. The molecule has 2 aromatic rings. The third-order valence-corrected chi connectivity index (χ3v) is 6.13. The molecular weight excluding hydrogens is 428 g/mol. The summed E-state index contributed by atoms with van der Waals surface area (Å²) >= 11 is 1.38. The zero-order valence-electron chi connectivity index (χ0n) is 19.2. The summed E-state index contributed by atoms with van der Waals surface area (Å²) in [6.45, 7) is 8.21. The van der Waals surface area contributed by atoms with E-state index in [9.17, 15) is 9.59 Å². The molecule has 1 N–H and O–H groups in total. The quantitative estimate of drug-likeness (QED) is 0.650. The van der Waals surface area contributed by atoms with Crippen molar-refractivity contribution in [1.29, 1.82) is 0 Å². The first-order valence-electron chi connectivity index (χ1n) is 10.9. The lowest BCUT2D eigenvalue weighted by atomic mass is 10.1. The van der Waals surface area contributed by atoms with Gasteiger partial charge in [-0.25, -0.2) is 9.78 Å². The monoisotopic (exact) mass is 460 g/mol. The van der Waals surface area contributed by atoms with Crippen molar-refractivity contribution in [3.05, 3.63) is 45.9 Å². The fourth-order valence-electron chi connectivity index (χ4n) is 3.75. The molecule has 1 aromatic heterocycles. The van der Waals surface area contributed by atoms with Crippen molar-refractivity contribution in [3.8, 4) is 0 Å². The van der Waals surface area contributed by atoms with Gasteiger partial charge in [-0.3, -0.25) is 4.79 Å². The van der Waals surface area contributed by atoms with Gasteiger partial charge in [-0.05, 0) is 31.9 Å². The Morgan fingerprint density at radius 1 is 1.28 bits per heavy atom. The van der Waals surface area contributed by atoms with E-state index in [0.29, 0.717) is 43.5 Å². The van der Waals surface area contributed by atoms with Gasteiger partial charge < -0.3 is 24.6 Å². The number of methoxy groups -OCH3 is 1. The molecular formula is C23H32N4O4S. The number of hydrogen-bond donors (Lipinski definition) is 1. The third-order valence-electron chi connectivity index (χ3n) is 5.30. The second-order valence-corrected chi connectivity index (χ2v) is 8.89. The maximum Gasteiger partial charge on any atom is 0.322 e. The molecule has 0 saturated carbocycles. The van der Waals surface area contributed by atoms with Crippen molar-refractivity contribution in [1.82, 2.24) is 14.8 Å². The molecule has 1 aliphatic heterocycles. The number of hydrogen-bond acceptors (Lipinski definition) is 6. The van der Waals surface area contributed by atoms with Gasteiger partial charge in [-0.2, -0.15) is 0 Å². The predicted molar refractivity (Wildman–Crippen MR) is 125 cm³/mol. The number of amides is 3. The fraction of sp³-hybridized carbons (Fsp3) is 0.522. The summed E-state index contributed by atoms with van der Waals surface area (Å²) in [5.74, 6) is -0.0979. The van der Waals surface area contributed by atoms with E-state index in [2.05, 4.69) is 17.2 Å². The van der Waals surface area contributed by atoms with Gasteiger partial charge in [0.15, 0.2) is 0 Å². The molecule has 0 spiro atoms. The normalized spacial score (nSPS) is 18.4. The first-order valence-corrected chi connectivity index (χ1v) is 11.8. The number of aryl methyl sites for hydroxylation is 1. The number of carbonyl (C=O) groups is 2. The molecule has 0 radical (unpaired) electrons. The van der Waals surface area contributed by atoms with Crippen molar-refractivity contribution >= 4 is 29.0 Å². The predicted octanol–water partition coefficient (Wildman–Crippen LogP) is 3.64. The number of anilines is 1. The molecule has 2 heterocycles. The van der Waals surface area contributed by atoms with E-state index in [-0.39, 0.29) is 24.1 Å². The van der Waals surface area contributed by atoms with E-state index in [4.69, 9.17) is 9.47 Å².